The lowest BCUT2D eigenvalue weighted by atomic mass is 10.1. The number of thioether (sulfide) groups is 1. The van der Waals surface area contributed by atoms with E-state index in [2.05, 4.69) is 4.98 Å². The van der Waals surface area contributed by atoms with Crippen molar-refractivity contribution in [2.75, 3.05) is 5.75 Å². The highest BCUT2D eigenvalue weighted by Crippen LogP contribution is 2.22. The van der Waals surface area contributed by atoms with Gasteiger partial charge in [-0.05, 0) is 42.3 Å². The van der Waals surface area contributed by atoms with E-state index in [0.29, 0.717) is 12.2 Å². The lowest BCUT2D eigenvalue weighted by molar-refractivity contribution is 0.200. The zero-order chi connectivity index (χ0) is 12.8. The van der Waals surface area contributed by atoms with Crippen LogP contribution in [-0.4, -0.2) is 21.9 Å². The van der Waals surface area contributed by atoms with Crippen molar-refractivity contribution in [3.8, 4) is 0 Å². The van der Waals surface area contributed by atoms with Gasteiger partial charge in [-0.1, -0.05) is 17.7 Å². The van der Waals surface area contributed by atoms with Gasteiger partial charge >= 0.3 is 0 Å². The summed E-state index contributed by atoms with van der Waals surface area (Å²) in [6, 6.07) is 11.5. The summed E-state index contributed by atoms with van der Waals surface area (Å²) < 4.78 is 0. The summed E-state index contributed by atoms with van der Waals surface area (Å²) >= 11 is 7.52. The Labute approximate surface area is 116 Å². The molecule has 2 nitrogen and oxygen atoms in total. The topological polar surface area (TPSA) is 33.1 Å². The average Bonchev–Trinajstić information content (AvgIpc) is 2.38. The number of aliphatic hydroxyl groups excluding tert-OH is 1. The number of aliphatic hydroxyl groups is 1. The molecular formula is C14H14ClNOS. The third kappa shape index (κ3) is 4.33. The lowest BCUT2D eigenvalue weighted by Crippen LogP contribution is -2.13. The molecule has 0 aliphatic carbocycles. The smallest absolute Gasteiger partial charge is 0.0674 e. The Morgan fingerprint density at radius 2 is 2.00 bits per heavy atom. The maximum absolute atomic E-state index is 9.96. The highest BCUT2D eigenvalue weighted by Gasteiger charge is 2.06. The summed E-state index contributed by atoms with van der Waals surface area (Å²) in [5, 5.41) is 10.7. The first-order valence-corrected chi connectivity index (χ1v) is 7.06. The van der Waals surface area contributed by atoms with Gasteiger partial charge in [-0.3, -0.25) is 4.98 Å². The fraction of sp³-hybridized carbons (Fsp3) is 0.214. The molecule has 0 amide bonds. The number of hydrogen-bond donors (Lipinski definition) is 1. The van der Waals surface area contributed by atoms with E-state index in [-0.39, 0.29) is 6.10 Å². The van der Waals surface area contributed by atoms with Crippen LogP contribution in [0.25, 0.3) is 0 Å². The van der Waals surface area contributed by atoms with Crippen molar-refractivity contribution in [1.82, 2.24) is 4.98 Å². The number of nitrogens with zero attached hydrogens (tertiary/aromatic N) is 1. The molecule has 0 fully saturated rings. The van der Waals surface area contributed by atoms with Crippen LogP contribution >= 0.6 is 23.4 Å². The number of aromatic nitrogens is 1. The van der Waals surface area contributed by atoms with E-state index in [4.69, 9.17) is 11.6 Å². The van der Waals surface area contributed by atoms with Crippen molar-refractivity contribution in [2.45, 2.75) is 17.4 Å². The van der Waals surface area contributed by atoms with Gasteiger partial charge in [0, 0.05) is 28.1 Å². The van der Waals surface area contributed by atoms with Crippen molar-refractivity contribution in [3.63, 3.8) is 0 Å². The van der Waals surface area contributed by atoms with E-state index < -0.39 is 0 Å². The Bertz CT molecular complexity index is 492. The largest absolute Gasteiger partial charge is 0.392 e. The molecule has 0 radical (unpaired) electrons. The zero-order valence-electron chi connectivity index (χ0n) is 9.79. The Balaban J connectivity index is 1.83. The maximum Gasteiger partial charge on any atom is 0.0674 e. The van der Waals surface area contributed by atoms with Crippen molar-refractivity contribution >= 4 is 23.4 Å². The lowest BCUT2D eigenvalue weighted by Gasteiger charge is -2.10. The molecule has 0 aliphatic heterocycles. The van der Waals surface area contributed by atoms with Crippen LogP contribution in [0.3, 0.4) is 0 Å². The van der Waals surface area contributed by atoms with Gasteiger partial charge in [0.25, 0.3) is 0 Å². The minimum Gasteiger partial charge on any atom is -0.392 e. The second-order valence-corrected chi connectivity index (χ2v) is 5.51. The summed E-state index contributed by atoms with van der Waals surface area (Å²) in [4.78, 5) is 5.03. The molecular weight excluding hydrogens is 266 g/mol. The van der Waals surface area contributed by atoms with Crippen LogP contribution in [0.4, 0.5) is 0 Å². The van der Waals surface area contributed by atoms with Crippen LogP contribution in [0, 0.1) is 0 Å². The molecule has 0 spiro atoms. The summed E-state index contributed by atoms with van der Waals surface area (Å²) in [6.07, 6.45) is 3.77. The summed E-state index contributed by atoms with van der Waals surface area (Å²) in [7, 11) is 0. The zero-order valence-corrected chi connectivity index (χ0v) is 11.4. The second-order valence-electron chi connectivity index (χ2n) is 3.98. The number of benzene rings is 1. The number of rotatable bonds is 5. The van der Waals surface area contributed by atoms with E-state index in [1.54, 1.807) is 24.2 Å². The van der Waals surface area contributed by atoms with Crippen molar-refractivity contribution in [2.24, 2.45) is 0 Å². The van der Waals surface area contributed by atoms with E-state index >= 15 is 0 Å². The average molecular weight is 280 g/mol. The van der Waals surface area contributed by atoms with Crippen molar-refractivity contribution in [3.05, 3.63) is 59.4 Å². The van der Waals surface area contributed by atoms with Gasteiger partial charge in [-0.2, -0.15) is 0 Å². The maximum atomic E-state index is 9.96. The first kappa shape index (κ1) is 13.4. The third-order valence-electron chi connectivity index (χ3n) is 2.46. The molecule has 0 saturated carbocycles. The van der Waals surface area contributed by atoms with Gasteiger partial charge in [0.2, 0.25) is 0 Å². The fourth-order valence-corrected chi connectivity index (χ4v) is 2.74. The molecule has 18 heavy (non-hydrogen) atoms. The van der Waals surface area contributed by atoms with Crippen molar-refractivity contribution < 1.29 is 5.11 Å². The van der Waals surface area contributed by atoms with Gasteiger partial charge in [0.15, 0.2) is 0 Å². The predicted molar refractivity (Wildman–Crippen MR) is 76.1 cm³/mol. The Kier molecular flexibility index (Phi) is 5.05. The molecule has 1 unspecified atom stereocenters. The summed E-state index contributed by atoms with van der Waals surface area (Å²) in [6.45, 7) is 0. The minimum atomic E-state index is -0.364. The van der Waals surface area contributed by atoms with Gasteiger partial charge in [-0.15, -0.1) is 11.8 Å². The monoisotopic (exact) mass is 279 g/mol. The molecule has 94 valence electrons. The van der Waals surface area contributed by atoms with Crippen LogP contribution in [0.2, 0.25) is 5.02 Å². The molecule has 0 bridgehead atoms. The van der Waals surface area contributed by atoms with Crippen LogP contribution < -0.4 is 0 Å². The van der Waals surface area contributed by atoms with E-state index in [1.165, 1.54) is 0 Å². The molecule has 0 saturated heterocycles. The summed E-state index contributed by atoms with van der Waals surface area (Å²) in [5.41, 5.74) is 1.10. The standard InChI is InChI=1S/C14H14ClNOS/c15-12-2-1-3-14(9-12)18-10-13(17)8-11-4-6-16-7-5-11/h1-7,9,13,17H,8,10H2. The molecule has 1 aromatic heterocycles. The summed E-state index contributed by atoms with van der Waals surface area (Å²) in [5.74, 6) is 0.655. The highest BCUT2D eigenvalue weighted by molar-refractivity contribution is 7.99. The molecule has 0 aliphatic rings. The van der Waals surface area contributed by atoms with Gasteiger partial charge < -0.3 is 5.11 Å². The quantitative estimate of drug-likeness (QED) is 0.851. The Morgan fingerprint density at radius 1 is 1.22 bits per heavy atom. The predicted octanol–water partition coefficient (Wildman–Crippen LogP) is 3.43. The van der Waals surface area contributed by atoms with E-state index in [0.717, 1.165) is 15.5 Å². The molecule has 4 heteroatoms. The first-order valence-electron chi connectivity index (χ1n) is 5.69. The molecule has 2 aromatic rings. The highest BCUT2D eigenvalue weighted by atomic mass is 35.5. The minimum absolute atomic E-state index is 0.364. The van der Waals surface area contributed by atoms with Crippen LogP contribution in [-0.2, 0) is 6.42 Å². The van der Waals surface area contributed by atoms with Gasteiger partial charge in [0.05, 0.1) is 6.10 Å². The molecule has 1 aromatic carbocycles. The van der Waals surface area contributed by atoms with E-state index in [1.807, 2.05) is 36.4 Å². The molecule has 1 atom stereocenters. The fourth-order valence-electron chi connectivity index (χ4n) is 1.60. The third-order valence-corrected chi connectivity index (χ3v) is 3.83. The van der Waals surface area contributed by atoms with Gasteiger partial charge in [0.1, 0.15) is 0 Å². The number of hydrogen-bond acceptors (Lipinski definition) is 3. The van der Waals surface area contributed by atoms with E-state index in [9.17, 15) is 5.11 Å². The second kappa shape index (κ2) is 6.78. The SMILES string of the molecule is OC(CSc1cccc(Cl)c1)Cc1ccncc1. The van der Waals surface area contributed by atoms with Crippen LogP contribution in [0.5, 0.6) is 0 Å². The van der Waals surface area contributed by atoms with Crippen molar-refractivity contribution in [1.29, 1.82) is 0 Å². The number of halogens is 1. The first-order chi connectivity index (χ1) is 8.74. The normalized spacial score (nSPS) is 12.3. The molecule has 2 rings (SSSR count). The van der Waals surface area contributed by atoms with Gasteiger partial charge in [-0.25, -0.2) is 0 Å². The molecule has 1 heterocycles. The van der Waals surface area contributed by atoms with Crippen LogP contribution in [0.15, 0.2) is 53.7 Å². The van der Waals surface area contributed by atoms with Crippen LogP contribution in [0.1, 0.15) is 5.56 Å². The Morgan fingerprint density at radius 3 is 2.72 bits per heavy atom. The Hall–Kier alpha value is -1.03. The molecule has 1 N–H and O–H groups in total. The number of pyridine rings is 1.